The highest BCUT2D eigenvalue weighted by molar-refractivity contribution is 5.98. The van der Waals surface area contributed by atoms with Crippen LogP contribution >= 0.6 is 12.4 Å². The molecule has 1 aliphatic heterocycles. The highest BCUT2D eigenvalue weighted by Crippen LogP contribution is 2.17. The molecule has 0 unspecified atom stereocenters. The highest BCUT2D eigenvalue weighted by Gasteiger charge is 2.26. The van der Waals surface area contributed by atoms with Gasteiger partial charge in [0.25, 0.3) is 5.91 Å². The van der Waals surface area contributed by atoms with Gasteiger partial charge in [-0.1, -0.05) is 32.0 Å². The molecule has 3 amide bonds. The van der Waals surface area contributed by atoms with E-state index >= 15 is 0 Å². The molecule has 1 fully saturated rings. The summed E-state index contributed by atoms with van der Waals surface area (Å²) in [4.78, 5) is 43.5. The third-order valence-corrected chi connectivity index (χ3v) is 5.11. The SMILES string of the molecule is CC(C)[C@H](N)C(=O)NCC(=O)N1CCN(C(=O)c2cc3ccccc3[nH]2)CC1.Cl. The summed E-state index contributed by atoms with van der Waals surface area (Å²) in [6.45, 7) is 5.44. The summed E-state index contributed by atoms with van der Waals surface area (Å²) in [7, 11) is 0. The van der Waals surface area contributed by atoms with E-state index in [4.69, 9.17) is 5.73 Å². The van der Waals surface area contributed by atoms with Gasteiger partial charge in [0, 0.05) is 37.1 Å². The monoisotopic (exact) mass is 421 g/mol. The zero-order valence-electron chi connectivity index (χ0n) is 16.7. The number of piperazine rings is 1. The fourth-order valence-electron chi connectivity index (χ4n) is 3.21. The average Bonchev–Trinajstić information content (AvgIpc) is 3.14. The first-order valence-corrected chi connectivity index (χ1v) is 9.55. The summed E-state index contributed by atoms with van der Waals surface area (Å²) in [6, 6.07) is 8.97. The number of hydrogen-bond donors (Lipinski definition) is 3. The van der Waals surface area contributed by atoms with Crippen molar-refractivity contribution in [2.45, 2.75) is 19.9 Å². The lowest BCUT2D eigenvalue weighted by molar-refractivity contribution is -0.134. The van der Waals surface area contributed by atoms with E-state index in [0.29, 0.717) is 31.9 Å². The summed E-state index contributed by atoms with van der Waals surface area (Å²) < 4.78 is 0. The predicted molar refractivity (Wildman–Crippen MR) is 114 cm³/mol. The zero-order valence-corrected chi connectivity index (χ0v) is 17.5. The fraction of sp³-hybridized carbons (Fsp3) is 0.450. The van der Waals surface area contributed by atoms with Crippen LogP contribution < -0.4 is 11.1 Å². The van der Waals surface area contributed by atoms with Crippen molar-refractivity contribution in [1.82, 2.24) is 20.1 Å². The van der Waals surface area contributed by atoms with Crippen LogP contribution in [0.3, 0.4) is 0 Å². The number of nitrogens with one attached hydrogen (secondary N) is 2. The Labute approximate surface area is 176 Å². The molecular weight excluding hydrogens is 394 g/mol. The van der Waals surface area contributed by atoms with Crippen LogP contribution in [-0.2, 0) is 9.59 Å². The summed E-state index contributed by atoms with van der Waals surface area (Å²) in [5.41, 5.74) is 7.25. The van der Waals surface area contributed by atoms with Crippen LogP contribution in [0.1, 0.15) is 24.3 Å². The molecule has 0 saturated carbocycles. The van der Waals surface area contributed by atoms with Gasteiger partial charge in [-0.05, 0) is 18.1 Å². The first kappa shape index (κ1) is 22.7. The number of carbonyl (C=O) groups is 3. The third-order valence-electron chi connectivity index (χ3n) is 5.11. The number of fused-ring (bicyclic) bond motifs is 1. The van der Waals surface area contributed by atoms with Crippen molar-refractivity contribution in [3.05, 3.63) is 36.0 Å². The van der Waals surface area contributed by atoms with Crippen LogP contribution in [0.25, 0.3) is 10.9 Å². The first-order valence-electron chi connectivity index (χ1n) is 9.55. The van der Waals surface area contributed by atoms with E-state index in [1.54, 1.807) is 9.80 Å². The van der Waals surface area contributed by atoms with Gasteiger partial charge in [-0.2, -0.15) is 0 Å². The second-order valence-corrected chi connectivity index (χ2v) is 7.43. The average molecular weight is 422 g/mol. The smallest absolute Gasteiger partial charge is 0.270 e. The van der Waals surface area contributed by atoms with Crippen LogP contribution in [-0.4, -0.2) is 71.3 Å². The Morgan fingerprint density at radius 3 is 2.34 bits per heavy atom. The van der Waals surface area contributed by atoms with Gasteiger partial charge in [-0.15, -0.1) is 12.4 Å². The normalized spacial score (nSPS) is 15.2. The van der Waals surface area contributed by atoms with E-state index < -0.39 is 6.04 Å². The molecule has 158 valence electrons. The number of aromatic amines is 1. The van der Waals surface area contributed by atoms with Crippen molar-refractivity contribution in [3.63, 3.8) is 0 Å². The minimum absolute atomic E-state index is 0. The Bertz CT molecular complexity index is 841. The van der Waals surface area contributed by atoms with Gasteiger partial charge < -0.3 is 25.8 Å². The summed E-state index contributed by atoms with van der Waals surface area (Å²) in [5, 5.41) is 3.59. The van der Waals surface area contributed by atoms with E-state index in [9.17, 15) is 14.4 Å². The molecule has 0 aliphatic carbocycles. The number of benzene rings is 1. The molecular formula is C20H28ClN5O3. The molecule has 0 bridgehead atoms. The largest absolute Gasteiger partial charge is 0.351 e. The van der Waals surface area contributed by atoms with E-state index in [1.165, 1.54) is 0 Å². The van der Waals surface area contributed by atoms with Gasteiger partial charge in [0.05, 0.1) is 12.6 Å². The number of aromatic nitrogens is 1. The molecule has 4 N–H and O–H groups in total. The van der Waals surface area contributed by atoms with Gasteiger partial charge in [0.2, 0.25) is 11.8 Å². The molecule has 1 saturated heterocycles. The quantitative estimate of drug-likeness (QED) is 0.667. The first-order chi connectivity index (χ1) is 13.4. The van der Waals surface area contributed by atoms with Crippen molar-refractivity contribution in [2.24, 2.45) is 11.7 Å². The fourth-order valence-corrected chi connectivity index (χ4v) is 3.21. The molecule has 8 nitrogen and oxygen atoms in total. The second kappa shape index (κ2) is 9.76. The number of nitrogens with two attached hydrogens (primary N) is 1. The lowest BCUT2D eigenvalue weighted by Gasteiger charge is -2.34. The van der Waals surface area contributed by atoms with Crippen molar-refractivity contribution in [3.8, 4) is 0 Å². The van der Waals surface area contributed by atoms with Crippen LogP contribution in [0.15, 0.2) is 30.3 Å². The number of nitrogens with zero attached hydrogens (tertiary/aromatic N) is 2. The number of H-pyrrole nitrogens is 1. The highest BCUT2D eigenvalue weighted by atomic mass is 35.5. The third kappa shape index (κ3) is 5.27. The molecule has 0 radical (unpaired) electrons. The Hall–Kier alpha value is -2.58. The molecule has 29 heavy (non-hydrogen) atoms. The maximum absolute atomic E-state index is 12.7. The van der Waals surface area contributed by atoms with E-state index in [0.717, 1.165) is 10.9 Å². The Balaban J connectivity index is 0.00000300. The molecule has 1 aromatic carbocycles. The molecule has 1 atom stereocenters. The second-order valence-electron chi connectivity index (χ2n) is 7.43. The molecule has 3 rings (SSSR count). The topological polar surface area (TPSA) is 112 Å². The van der Waals surface area contributed by atoms with Gasteiger partial charge >= 0.3 is 0 Å². The number of para-hydroxylation sites is 1. The van der Waals surface area contributed by atoms with Crippen molar-refractivity contribution in [2.75, 3.05) is 32.7 Å². The Morgan fingerprint density at radius 1 is 1.10 bits per heavy atom. The number of halogens is 1. The van der Waals surface area contributed by atoms with Gasteiger partial charge in [-0.25, -0.2) is 0 Å². The molecule has 2 aromatic rings. The van der Waals surface area contributed by atoms with E-state index in [2.05, 4.69) is 10.3 Å². The van der Waals surface area contributed by atoms with Crippen LogP contribution in [0.5, 0.6) is 0 Å². The number of carbonyl (C=O) groups excluding carboxylic acids is 3. The molecule has 1 aliphatic rings. The Kier molecular flexibility index (Phi) is 7.64. The summed E-state index contributed by atoms with van der Waals surface area (Å²) in [5.74, 6) is -0.549. The lowest BCUT2D eigenvalue weighted by Crippen LogP contribution is -2.53. The maximum Gasteiger partial charge on any atom is 0.270 e. The molecule has 1 aromatic heterocycles. The van der Waals surface area contributed by atoms with Crippen LogP contribution in [0.4, 0.5) is 0 Å². The standard InChI is InChI=1S/C20H27N5O3.ClH/c1-13(2)18(21)19(27)22-12-17(26)24-7-9-25(10-8-24)20(28)16-11-14-5-3-4-6-15(14)23-16;/h3-6,11,13,18,23H,7-10,12,21H2,1-2H3,(H,22,27);1H/t18-;/m0./s1. The minimum atomic E-state index is -0.626. The van der Waals surface area contributed by atoms with Crippen molar-refractivity contribution >= 4 is 41.0 Å². The van der Waals surface area contributed by atoms with Gasteiger partial charge in [0.1, 0.15) is 5.69 Å². The van der Waals surface area contributed by atoms with E-state index in [1.807, 2.05) is 44.2 Å². The molecule has 0 spiro atoms. The van der Waals surface area contributed by atoms with E-state index in [-0.39, 0.29) is 42.6 Å². The number of hydrogen-bond acceptors (Lipinski definition) is 4. The minimum Gasteiger partial charge on any atom is -0.351 e. The lowest BCUT2D eigenvalue weighted by atomic mass is 10.1. The van der Waals surface area contributed by atoms with Crippen molar-refractivity contribution in [1.29, 1.82) is 0 Å². The number of rotatable bonds is 5. The van der Waals surface area contributed by atoms with Crippen LogP contribution in [0.2, 0.25) is 0 Å². The Morgan fingerprint density at radius 2 is 1.72 bits per heavy atom. The maximum atomic E-state index is 12.7. The number of amides is 3. The van der Waals surface area contributed by atoms with Gasteiger partial charge in [0.15, 0.2) is 0 Å². The molecule has 9 heteroatoms. The van der Waals surface area contributed by atoms with Gasteiger partial charge in [-0.3, -0.25) is 14.4 Å². The molecule has 2 heterocycles. The summed E-state index contributed by atoms with van der Waals surface area (Å²) in [6.07, 6.45) is 0. The van der Waals surface area contributed by atoms with Crippen LogP contribution in [0, 0.1) is 5.92 Å². The summed E-state index contributed by atoms with van der Waals surface area (Å²) >= 11 is 0. The predicted octanol–water partition coefficient (Wildman–Crippen LogP) is 0.974. The zero-order chi connectivity index (χ0) is 20.3. The van der Waals surface area contributed by atoms with Crippen molar-refractivity contribution < 1.29 is 14.4 Å².